The molecule has 34 heavy (non-hydrogen) atoms. The van der Waals surface area contributed by atoms with E-state index in [0.717, 1.165) is 11.6 Å². The Morgan fingerprint density at radius 2 is 1.65 bits per heavy atom. The lowest BCUT2D eigenvalue weighted by Gasteiger charge is -2.14. The van der Waals surface area contributed by atoms with Crippen molar-refractivity contribution < 1.29 is 36.6 Å². The Balaban J connectivity index is 1.75. The molecule has 0 aliphatic carbocycles. The Hall–Kier alpha value is -4.27. The number of carbonyl (C=O) groups is 1. The second kappa shape index (κ2) is 8.93. The Morgan fingerprint density at radius 1 is 0.912 bits per heavy atom. The number of hydrogen-bond donors (Lipinski definition) is 0. The molecule has 1 aromatic heterocycles. The third-order valence-corrected chi connectivity index (χ3v) is 4.81. The first-order valence-electron chi connectivity index (χ1n) is 9.94. The Bertz CT molecular complexity index is 1440. The molecule has 0 aliphatic heterocycles. The fraction of sp³-hybridized carbons (Fsp3) is 0.120. The molecule has 4 rings (SSSR count). The first kappa shape index (κ1) is 22.9. The van der Waals surface area contributed by atoms with Crippen molar-refractivity contribution in [1.29, 1.82) is 0 Å². The third-order valence-electron chi connectivity index (χ3n) is 4.81. The zero-order valence-corrected chi connectivity index (χ0v) is 17.9. The summed E-state index contributed by atoms with van der Waals surface area (Å²) < 4.78 is 61.9. The molecule has 0 saturated heterocycles. The summed E-state index contributed by atoms with van der Waals surface area (Å²) in [6.45, 7) is 1.80. The number of carbonyl (C=O) groups excluding carboxylic acids is 1. The van der Waals surface area contributed by atoms with Crippen molar-refractivity contribution in [2.75, 3.05) is 7.11 Å². The van der Waals surface area contributed by atoms with Gasteiger partial charge in [0, 0.05) is 12.1 Å². The zero-order chi connectivity index (χ0) is 24.5. The highest BCUT2D eigenvalue weighted by Gasteiger charge is 2.40. The van der Waals surface area contributed by atoms with E-state index in [-0.39, 0.29) is 22.4 Å². The number of rotatable bonds is 5. The predicted octanol–water partition coefficient (Wildman–Crippen LogP) is 6.14. The minimum absolute atomic E-state index is 0.0415. The van der Waals surface area contributed by atoms with Crippen LogP contribution in [0.4, 0.5) is 13.2 Å². The van der Waals surface area contributed by atoms with E-state index in [0.29, 0.717) is 5.75 Å². The van der Waals surface area contributed by atoms with Crippen LogP contribution in [0, 0.1) is 6.92 Å². The van der Waals surface area contributed by atoms with Crippen LogP contribution in [0.2, 0.25) is 0 Å². The molecule has 0 spiro atoms. The maximum absolute atomic E-state index is 13.8. The Morgan fingerprint density at radius 3 is 2.35 bits per heavy atom. The van der Waals surface area contributed by atoms with Crippen LogP contribution in [0.5, 0.6) is 23.0 Å². The molecule has 4 aromatic rings. The van der Waals surface area contributed by atoms with Crippen molar-refractivity contribution in [2.45, 2.75) is 13.1 Å². The van der Waals surface area contributed by atoms with Gasteiger partial charge < -0.3 is 18.6 Å². The third kappa shape index (κ3) is 4.73. The van der Waals surface area contributed by atoms with Crippen molar-refractivity contribution in [3.05, 3.63) is 93.8 Å². The van der Waals surface area contributed by atoms with E-state index in [4.69, 9.17) is 18.6 Å². The number of methoxy groups -OCH3 is 1. The maximum atomic E-state index is 13.8. The summed E-state index contributed by atoms with van der Waals surface area (Å²) in [6, 6.07) is 15.9. The molecule has 0 fully saturated rings. The quantitative estimate of drug-likeness (QED) is 0.258. The fourth-order valence-corrected chi connectivity index (χ4v) is 3.22. The monoisotopic (exact) mass is 470 g/mol. The number of hydrogen-bond acceptors (Lipinski definition) is 6. The second-order valence-electron chi connectivity index (χ2n) is 7.29. The Kier molecular flexibility index (Phi) is 6.02. The maximum Gasteiger partial charge on any atom is 0.453 e. The molecule has 9 heteroatoms. The van der Waals surface area contributed by atoms with Gasteiger partial charge in [-0.2, -0.15) is 13.2 Å². The van der Waals surface area contributed by atoms with Crippen LogP contribution in [0.15, 0.2) is 75.9 Å². The minimum Gasteiger partial charge on any atom is -0.497 e. The standard InChI is InChI=1S/C25H17F3O6/c1-14-5-3-6-15(11-14)24(30)33-18-9-10-19-20(13-18)34-23(25(26,27)28)22(21(19)29)32-17-8-4-7-16(12-17)31-2/h3-13H,1-2H3. The molecule has 1 heterocycles. The van der Waals surface area contributed by atoms with Crippen LogP contribution in [0.1, 0.15) is 21.7 Å². The summed E-state index contributed by atoms with van der Waals surface area (Å²) in [5.41, 5.74) is -0.352. The van der Waals surface area contributed by atoms with E-state index >= 15 is 0 Å². The van der Waals surface area contributed by atoms with Crippen LogP contribution in [0.25, 0.3) is 11.0 Å². The van der Waals surface area contributed by atoms with E-state index < -0.39 is 34.7 Å². The average Bonchev–Trinajstić information content (AvgIpc) is 2.80. The van der Waals surface area contributed by atoms with E-state index in [1.807, 2.05) is 0 Å². The number of esters is 1. The molecule has 0 N–H and O–H groups in total. The van der Waals surface area contributed by atoms with Gasteiger partial charge in [-0.3, -0.25) is 4.79 Å². The van der Waals surface area contributed by atoms with Crippen molar-refractivity contribution in [2.24, 2.45) is 0 Å². The number of alkyl halides is 3. The molecule has 6 nitrogen and oxygen atoms in total. The van der Waals surface area contributed by atoms with Gasteiger partial charge in [0.05, 0.1) is 18.1 Å². The average molecular weight is 470 g/mol. The van der Waals surface area contributed by atoms with Gasteiger partial charge in [0.1, 0.15) is 22.8 Å². The SMILES string of the molecule is COc1cccc(Oc2c(C(F)(F)F)oc3cc(OC(=O)c4cccc(C)c4)ccc3c2=O)c1. The summed E-state index contributed by atoms with van der Waals surface area (Å²) in [5.74, 6) is -3.14. The van der Waals surface area contributed by atoms with Crippen LogP contribution >= 0.6 is 0 Å². The summed E-state index contributed by atoms with van der Waals surface area (Å²) in [5, 5.41) is -0.179. The normalized spacial score (nSPS) is 11.3. The van der Waals surface area contributed by atoms with Crippen molar-refractivity contribution in [3.63, 3.8) is 0 Å². The number of halogens is 3. The molecule has 0 saturated carbocycles. The highest BCUT2D eigenvalue weighted by molar-refractivity contribution is 5.92. The number of aryl methyl sites for hydroxylation is 1. The van der Waals surface area contributed by atoms with Gasteiger partial charge in [0.25, 0.3) is 5.76 Å². The van der Waals surface area contributed by atoms with Crippen molar-refractivity contribution >= 4 is 16.9 Å². The fourth-order valence-electron chi connectivity index (χ4n) is 3.22. The minimum atomic E-state index is -5.03. The van der Waals surface area contributed by atoms with E-state index in [1.54, 1.807) is 37.3 Å². The molecule has 0 aliphatic rings. The van der Waals surface area contributed by atoms with Gasteiger partial charge in [-0.1, -0.05) is 23.8 Å². The van der Waals surface area contributed by atoms with Crippen molar-refractivity contribution in [3.8, 4) is 23.0 Å². The largest absolute Gasteiger partial charge is 0.497 e. The summed E-state index contributed by atoms with van der Waals surface area (Å²) in [6.07, 6.45) is -5.03. The van der Waals surface area contributed by atoms with Gasteiger partial charge in [0.15, 0.2) is 0 Å². The second-order valence-corrected chi connectivity index (χ2v) is 7.29. The van der Waals surface area contributed by atoms with Gasteiger partial charge in [-0.25, -0.2) is 4.79 Å². The van der Waals surface area contributed by atoms with Gasteiger partial charge in [0.2, 0.25) is 11.2 Å². The van der Waals surface area contributed by atoms with Crippen LogP contribution in [-0.2, 0) is 6.18 Å². The van der Waals surface area contributed by atoms with Crippen LogP contribution < -0.4 is 19.6 Å². The Labute approximate surface area is 191 Å². The molecular formula is C25H17F3O6. The summed E-state index contributed by atoms with van der Waals surface area (Å²) in [7, 11) is 1.38. The van der Waals surface area contributed by atoms with Crippen LogP contribution in [-0.4, -0.2) is 13.1 Å². The highest BCUT2D eigenvalue weighted by atomic mass is 19.4. The summed E-state index contributed by atoms with van der Waals surface area (Å²) in [4.78, 5) is 25.3. The molecule has 0 unspecified atom stereocenters. The lowest BCUT2D eigenvalue weighted by Crippen LogP contribution is -2.15. The van der Waals surface area contributed by atoms with E-state index in [1.165, 1.54) is 37.4 Å². The molecule has 3 aromatic carbocycles. The molecule has 0 atom stereocenters. The highest BCUT2D eigenvalue weighted by Crippen LogP contribution is 2.39. The summed E-state index contributed by atoms with van der Waals surface area (Å²) >= 11 is 0. The lowest BCUT2D eigenvalue weighted by molar-refractivity contribution is -0.154. The number of benzene rings is 3. The van der Waals surface area contributed by atoms with Crippen LogP contribution in [0.3, 0.4) is 0 Å². The molecule has 0 bridgehead atoms. The van der Waals surface area contributed by atoms with Gasteiger partial charge in [-0.15, -0.1) is 0 Å². The topological polar surface area (TPSA) is 75.0 Å². The molecule has 174 valence electrons. The first-order chi connectivity index (χ1) is 16.2. The van der Waals surface area contributed by atoms with E-state index in [2.05, 4.69) is 0 Å². The van der Waals surface area contributed by atoms with Gasteiger partial charge >= 0.3 is 12.1 Å². The van der Waals surface area contributed by atoms with Crippen molar-refractivity contribution in [1.82, 2.24) is 0 Å². The predicted molar refractivity (Wildman–Crippen MR) is 117 cm³/mol. The first-order valence-corrected chi connectivity index (χ1v) is 9.94. The van der Waals surface area contributed by atoms with E-state index in [9.17, 15) is 22.8 Å². The molecule has 0 radical (unpaired) electrons. The molecular weight excluding hydrogens is 453 g/mol. The van der Waals surface area contributed by atoms with Gasteiger partial charge in [-0.05, 0) is 43.3 Å². The lowest BCUT2D eigenvalue weighted by atomic mass is 10.1. The number of ether oxygens (including phenoxy) is 3. The molecule has 0 amide bonds. The smallest absolute Gasteiger partial charge is 0.453 e. The number of fused-ring (bicyclic) bond motifs is 1. The zero-order valence-electron chi connectivity index (χ0n) is 17.9.